The Balaban J connectivity index is 2.35. The highest BCUT2D eigenvalue weighted by molar-refractivity contribution is 5.67. The molecular formula is C19H39N3O5. The van der Waals surface area contributed by atoms with Gasteiger partial charge in [0, 0.05) is 45.9 Å². The van der Waals surface area contributed by atoms with Crippen LogP contribution in [0.1, 0.15) is 27.7 Å². The SMILES string of the molecule is CCOCCOCCOC(CNC(=O)OC(C)(C)C)CN1CCN(C)CC1. The van der Waals surface area contributed by atoms with Gasteiger partial charge in [0.2, 0.25) is 0 Å². The average molecular weight is 390 g/mol. The molecule has 8 heteroatoms. The first-order chi connectivity index (χ1) is 12.8. The van der Waals surface area contributed by atoms with Crippen molar-refractivity contribution in [1.82, 2.24) is 15.1 Å². The molecule has 1 fully saturated rings. The van der Waals surface area contributed by atoms with Crippen LogP contribution in [0.5, 0.6) is 0 Å². The molecule has 0 aromatic carbocycles. The molecule has 0 aromatic heterocycles. The number of amides is 1. The Morgan fingerprint density at radius 2 is 1.67 bits per heavy atom. The first kappa shape index (κ1) is 24.1. The molecule has 0 saturated carbocycles. The molecular weight excluding hydrogens is 350 g/mol. The van der Waals surface area contributed by atoms with Crippen LogP contribution in [0.25, 0.3) is 0 Å². The van der Waals surface area contributed by atoms with E-state index in [1.807, 2.05) is 27.7 Å². The van der Waals surface area contributed by atoms with E-state index in [9.17, 15) is 4.79 Å². The van der Waals surface area contributed by atoms with E-state index in [1.54, 1.807) is 0 Å². The lowest BCUT2D eigenvalue weighted by Crippen LogP contribution is -2.49. The molecule has 0 bridgehead atoms. The molecule has 1 rings (SSSR count). The van der Waals surface area contributed by atoms with Crippen LogP contribution >= 0.6 is 0 Å². The summed E-state index contributed by atoms with van der Waals surface area (Å²) < 4.78 is 22.0. The fourth-order valence-corrected chi connectivity index (χ4v) is 2.64. The molecule has 0 aromatic rings. The molecule has 1 saturated heterocycles. The average Bonchev–Trinajstić information content (AvgIpc) is 2.59. The van der Waals surface area contributed by atoms with Crippen molar-refractivity contribution in [2.45, 2.75) is 39.4 Å². The van der Waals surface area contributed by atoms with E-state index in [0.717, 1.165) is 32.7 Å². The van der Waals surface area contributed by atoms with Crippen LogP contribution in [0.4, 0.5) is 4.79 Å². The van der Waals surface area contributed by atoms with Crippen LogP contribution in [0, 0.1) is 0 Å². The van der Waals surface area contributed by atoms with Gasteiger partial charge in [-0.05, 0) is 34.7 Å². The number of likely N-dealkylation sites (N-methyl/N-ethyl adjacent to an activating group) is 1. The number of nitrogens with one attached hydrogen (secondary N) is 1. The van der Waals surface area contributed by atoms with Crippen molar-refractivity contribution in [2.24, 2.45) is 0 Å². The predicted octanol–water partition coefficient (Wildman–Crippen LogP) is 1.20. The third kappa shape index (κ3) is 13.0. The van der Waals surface area contributed by atoms with Crippen LogP contribution in [-0.2, 0) is 18.9 Å². The first-order valence-electron chi connectivity index (χ1n) is 9.95. The molecule has 1 aliphatic rings. The summed E-state index contributed by atoms with van der Waals surface area (Å²) >= 11 is 0. The monoisotopic (exact) mass is 389 g/mol. The van der Waals surface area contributed by atoms with Crippen LogP contribution in [-0.4, -0.2) is 107 Å². The lowest BCUT2D eigenvalue weighted by molar-refractivity contribution is -0.0250. The first-order valence-corrected chi connectivity index (χ1v) is 9.95. The summed E-state index contributed by atoms with van der Waals surface area (Å²) in [5.41, 5.74) is -0.508. The van der Waals surface area contributed by atoms with Gasteiger partial charge in [-0.2, -0.15) is 0 Å². The maximum Gasteiger partial charge on any atom is 0.407 e. The molecule has 160 valence electrons. The fraction of sp³-hybridized carbons (Fsp3) is 0.947. The molecule has 1 amide bonds. The van der Waals surface area contributed by atoms with Crippen LogP contribution < -0.4 is 5.32 Å². The number of piperazine rings is 1. The molecule has 1 N–H and O–H groups in total. The molecule has 0 spiro atoms. The van der Waals surface area contributed by atoms with Gasteiger partial charge in [-0.1, -0.05) is 0 Å². The van der Waals surface area contributed by atoms with Gasteiger partial charge in [0.15, 0.2) is 0 Å². The van der Waals surface area contributed by atoms with Crippen molar-refractivity contribution < 1.29 is 23.7 Å². The van der Waals surface area contributed by atoms with Gasteiger partial charge in [-0.3, -0.25) is 4.90 Å². The Labute approximate surface area is 164 Å². The van der Waals surface area contributed by atoms with Gasteiger partial charge in [-0.25, -0.2) is 4.79 Å². The number of carbonyl (C=O) groups is 1. The fourth-order valence-electron chi connectivity index (χ4n) is 2.64. The second kappa shape index (κ2) is 13.3. The van der Waals surface area contributed by atoms with E-state index in [4.69, 9.17) is 18.9 Å². The van der Waals surface area contributed by atoms with Gasteiger partial charge >= 0.3 is 6.09 Å². The van der Waals surface area contributed by atoms with E-state index in [1.165, 1.54) is 0 Å². The quantitative estimate of drug-likeness (QED) is 0.503. The number of carbonyl (C=O) groups excluding carboxylic acids is 1. The Morgan fingerprint density at radius 1 is 1.04 bits per heavy atom. The highest BCUT2D eigenvalue weighted by atomic mass is 16.6. The van der Waals surface area contributed by atoms with E-state index in [-0.39, 0.29) is 6.10 Å². The van der Waals surface area contributed by atoms with E-state index >= 15 is 0 Å². The zero-order chi connectivity index (χ0) is 20.1. The zero-order valence-electron chi connectivity index (χ0n) is 17.8. The predicted molar refractivity (Wildman–Crippen MR) is 105 cm³/mol. The highest BCUT2D eigenvalue weighted by Crippen LogP contribution is 2.07. The third-order valence-electron chi connectivity index (χ3n) is 4.09. The van der Waals surface area contributed by atoms with E-state index in [2.05, 4.69) is 22.2 Å². The number of hydrogen-bond donors (Lipinski definition) is 1. The van der Waals surface area contributed by atoms with Gasteiger partial charge in [-0.15, -0.1) is 0 Å². The minimum absolute atomic E-state index is 0.101. The van der Waals surface area contributed by atoms with Crippen molar-refractivity contribution in [3.63, 3.8) is 0 Å². The number of nitrogens with zero attached hydrogens (tertiary/aromatic N) is 2. The molecule has 27 heavy (non-hydrogen) atoms. The van der Waals surface area contributed by atoms with Crippen LogP contribution in [0.3, 0.4) is 0 Å². The molecule has 1 heterocycles. The Morgan fingerprint density at radius 3 is 2.30 bits per heavy atom. The highest BCUT2D eigenvalue weighted by Gasteiger charge is 2.21. The Bertz CT molecular complexity index is 395. The van der Waals surface area contributed by atoms with Gasteiger partial charge in [0.25, 0.3) is 0 Å². The molecule has 0 radical (unpaired) electrons. The van der Waals surface area contributed by atoms with Gasteiger partial charge < -0.3 is 29.2 Å². The lowest BCUT2D eigenvalue weighted by Gasteiger charge is -2.34. The topological polar surface area (TPSA) is 72.5 Å². The summed E-state index contributed by atoms with van der Waals surface area (Å²) in [5, 5.41) is 2.82. The second-order valence-electron chi connectivity index (χ2n) is 7.79. The smallest absolute Gasteiger partial charge is 0.407 e. The van der Waals surface area contributed by atoms with Crippen LogP contribution in [0.15, 0.2) is 0 Å². The Kier molecular flexibility index (Phi) is 11.9. The van der Waals surface area contributed by atoms with Crippen molar-refractivity contribution in [1.29, 1.82) is 0 Å². The number of alkyl carbamates (subject to hydrolysis) is 1. The molecule has 1 unspecified atom stereocenters. The second-order valence-corrected chi connectivity index (χ2v) is 7.79. The van der Waals surface area contributed by atoms with Crippen LogP contribution in [0.2, 0.25) is 0 Å². The molecule has 8 nitrogen and oxygen atoms in total. The largest absolute Gasteiger partial charge is 0.444 e. The maximum atomic E-state index is 11.9. The number of ether oxygens (including phenoxy) is 4. The van der Waals surface area contributed by atoms with Gasteiger partial charge in [0.05, 0.1) is 32.5 Å². The summed E-state index contributed by atoms with van der Waals surface area (Å²) in [6, 6.07) is 0. The number of hydrogen-bond acceptors (Lipinski definition) is 7. The molecule has 0 aliphatic carbocycles. The summed E-state index contributed by atoms with van der Waals surface area (Å²) in [4.78, 5) is 16.6. The third-order valence-corrected chi connectivity index (χ3v) is 4.09. The van der Waals surface area contributed by atoms with Crippen molar-refractivity contribution in [2.75, 3.05) is 79.4 Å². The maximum absolute atomic E-state index is 11.9. The summed E-state index contributed by atoms with van der Waals surface area (Å²) in [6.45, 7) is 15.7. The van der Waals surface area contributed by atoms with Crippen molar-refractivity contribution in [3.8, 4) is 0 Å². The van der Waals surface area contributed by atoms with Gasteiger partial charge in [0.1, 0.15) is 5.60 Å². The molecule has 1 atom stereocenters. The summed E-state index contributed by atoms with van der Waals surface area (Å²) in [7, 11) is 2.13. The zero-order valence-corrected chi connectivity index (χ0v) is 17.8. The number of rotatable bonds is 12. The normalized spacial score (nSPS) is 17.7. The Hall–Kier alpha value is -0.930. The molecule has 1 aliphatic heterocycles. The summed E-state index contributed by atoms with van der Waals surface area (Å²) in [5.74, 6) is 0. The van der Waals surface area contributed by atoms with Crippen molar-refractivity contribution in [3.05, 3.63) is 0 Å². The van der Waals surface area contributed by atoms with E-state index in [0.29, 0.717) is 39.6 Å². The lowest BCUT2D eigenvalue weighted by atomic mass is 10.2. The minimum Gasteiger partial charge on any atom is -0.444 e. The van der Waals surface area contributed by atoms with E-state index < -0.39 is 11.7 Å². The van der Waals surface area contributed by atoms with Crippen molar-refractivity contribution >= 4 is 6.09 Å². The standard InChI is InChI=1S/C19H39N3O5/c1-6-24-11-12-25-13-14-26-17(15-20-18(23)27-19(2,3)4)16-22-9-7-21(5)8-10-22/h17H,6-16H2,1-5H3,(H,20,23). The minimum atomic E-state index is -0.508. The summed E-state index contributed by atoms with van der Waals surface area (Å²) in [6.07, 6.45) is -0.515.